The molecule has 2 saturated heterocycles. The van der Waals surface area contributed by atoms with Crippen molar-refractivity contribution in [3.8, 4) is 5.75 Å². The molecule has 30 heavy (non-hydrogen) atoms. The van der Waals surface area contributed by atoms with E-state index in [-0.39, 0.29) is 42.5 Å². The summed E-state index contributed by atoms with van der Waals surface area (Å²) in [5.41, 5.74) is -0.0944. The lowest BCUT2D eigenvalue weighted by atomic mass is 9.84. The van der Waals surface area contributed by atoms with Gasteiger partial charge in [-0.25, -0.2) is 0 Å². The van der Waals surface area contributed by atoms with Gasteiger partial charge in [0.05, 0.1) is 18.1 Å². The molecular formula is C23H30N2O5. The molecule has 162 valence electrons. The highest BCUT2D eigenvalue weighted by Gasteiger charge is 2.44. The summed E-state index contributed by atoms with van der Waals surface area (Å²) in [6, 6.07) is 6.68. The lowest BCUT2D eigenvalue weighted by molar-refractivity contribution is -0.147. The smallest absolute Gasteiger partial charge is 0.245 e. The second-order valence-corrected chi connectivity index (χ2v) is 9.01. The second kappa shape index (κ2) is 8.02. The number of hydrogen-bond donors (Lipinski definition) is 1. The molecule has 1 spiro atoms. The number of benzene rings is 1. The van der Waals surface area contributed by atoms with Gasteiger partial charge in [0.15, 0.2) is 5.78 Å². The standard InChI is InChI=1S/C23H30N2O5/c1-15-14-24(11-8-18(15)26)22(29)16(2)25-12-10-23(9-7-21(25)28)13-19(27)17-5-3-4-6-20(17)30-23/h3-6,15-16,18,26H,7-14H2,1-2H3/t15-,16+,18+,23-/m1/s1. The third-order valence-corrected chi connectivity index (χ3v) is 6.92. The van der Waals surface area contributed by atoms with Crippen molar-refractivity contribution in [2.24, 2.45) is 5.92 Å². The van der Waals surface area contributed by atoms with Gasteiger partial charge in [-0.1, -0.05) is 19.1 Å². The van der Waals surface area contributed by atoms with Crippen LogP contribution in [-0.4, -0.2) is 69.9 Å². The molecule has 3 aliphatic rings. The number of ether oxygens (including phenoxy) is 1. The fraction of sp³-hybridized carbons (Fsp3) is 0.609. The largest absolute Gasteiger partial charge is 0.486 e. The summed E-state index contributed by atoms with van der Waals surface area (Å²) in [5, 5.41) is 9.93. The number of rotatable bonds is 2. The number of ketones is 1. The van der Waals surface area contributed by atoms with E-state index < -0.39 is 11.6 Å². The third-order valence-electron chi connectivity index (χ3n) is 6.92. The maximum Gasteiger partial charge on any atom is 0.245 e. The fourth-order valence-electron chi connectivity index (χ4n) is 4.91. The number of carbonyl (C=O) groups is 3. The average Bonchev–Trinajstić information content (AvgIpc) is 2.88. The normalized spacial score (nSPS) is 30.5. The Morgan fingerprint density at radius 3 is 2.77 bits per heavy atom. The first-order valence-corrected chi connectivity index (χ1v) is 10.9. The highest BCUT2D eigenvalue weighted by molar-refractivity contribution is 6.00. The lowest BCUT2D eigenvalue weighted by Crippen LogP contribution is -2.53. The van der Waals surface area contributed by atoms with E-state index in [0.29, 0.717) is 50.2 Å². The Morgan fingerprint density at radius 1 is 1.23 bits per heavy atom. The Bertz CT molecular complexity index is 856. The van der Waals surface area contributed by atoms with Gasteiger partial charge in [0.25, 0.3) is 0 Å². The molecule has 2 amide bonds. The molecule has 1 aromatic rings. The minimum atomic E-state index is -0.692. The molecule has 3 aliphatic heterocycles. The van der Waals surface area contributed by atoms with Crippen LogP contribution in [0.3, 0.4) is 0 Å². The molecule has 7 nitrogen and oxygen atoms in total. The number of aliphatic hydroxyl groups is 1. The predicted molar refractivity (Wildman–Crippen MR) is 110 cm³/mol. The number of aliphatic hydroxyl groups excluding tert-OH is 1. The van der Waals surface area contributed by atoms with Crippen LogP contribution in [0.5, 0.6) is 5.75 Å². The van der Waals surface area contributed by atoms with Gasteiger partial charge < -0.3 is 19.6 Å². The number of Topliss-reactive ketones (excluding diaryl/α,β-unsaturated/α-hetero) is 1. The molecule has 0 aliphatic carbocycles. The number of likely N-dealkylation sites (tertiary alicyclic amines) is 2. The number of piperidine rings is 1. The van der Waals surface area contributed by atoms with Crippen molar-refractivity contribution < 1.29 is 24.2 Å². The lowest BCUT2D eigenvalue weighted by Gasteiger charge is -2.39. The minimum Gasteiger partial charge on any atom is -0.486 e. The highest BCUT2D eigenvalue weighted by Crippen LogP contribution is 2.39. The Kier molecular flexibility index (Phi) is 5.57. The molecule has 4 atom stereocenters. The summed E-state index contributed by atoms with van der Waals surface area (Å²) < 4.78 is 6.27. The summed E-state index contributed by atoms with van der Waals surface area (Å²) in [6.07, 6.45) is 1.68. The van der Waals surface area contributed by atoms with E-state index >= 15 is 0 Å². The van der Waals surface area contributed by atoms with Gasteiger partial charge >= 0.3 is 0 Å². The SMILES string of the molecule is C[C@@H]1CN(C(=O)[C@H](C)N2CC[C@]3(CCC2=O)CC(=O)c2ccccc2O3)CC[C@@H]1O. The average molecular weight is 415 g/mol. The zero-order valence-corrected chi connectivity index (χ0v) is 17.7. The molecule has 0 radical (unpaired) electrons. The van der Waals surface area contributed by atoms with Crippen molar-refractivity contribution in [3.05, 3.63) is 29.8 Å². The molecule has 1 N–H and O–H groups in total. The summed E-state index contributed by atoms with van der Waals surface area (Å²) in [6.45, 7) is 5.11. The van der Waals surface area contributed by atoms with Crippen molar-refractivity contribution in [2.45, 2.75) is 63.7 Å². The van der Waals surface area contributed by atoms with Crippen LogP contribution in [0, 0.1) is 5.92 Å². The van der Waals surface area contributed by atoms with Gasteiger partial charge in [-0.05, 0) is 37.8 Å². The van der Waals surface area contributed by atoms with Crippen molar-refractivity contribution in [2.75, 3.05) is 19.6 Å². The first-order chi connectivity index (χ1) is 14.3. The fourth-order valence-corrected chi connectivity index (χ4v) is 4.91. The van der Waals surface area contributed by atoms with Crippen LogP contribution in [0.25, 0.3) is 0 Å². The van der Waals surface area contributed by atoms with Crippen LogP contribution in [0.4, 0.5) is 0 Å². The summed E-state index contributed by atoms with van der Waals surface area (Å²) in [4.78, 5) is 42.0. The van der Waals surface area contributed by atoms with E-state index in [4.69, 9.17) is 4.74 Å². The van der Waals surface area contributed by atoms with E-state index in [9.17, 15) is 19.5 Å². The first kappa shape index (κ1) is 20.8. The van der Waals surface area contributed by atoms with Gasteiger partial charge in [0.1, 0.15) is 17.4 Å². The Hall–Kier alpha value is -2.41. The van der Waals surface area contributed by atoms with Gasteiger partial charge in [-0.3, -0.25) is 14.4 Å². The molecule has 3 heterocycles. The van der Waals surface area contributed by atoms with E-state index in [1.54, 1.807) is 28.9 Å². The highest BCUT2D eigenvalue weighted by atomic mass is 16.5. The van der Waals surface area contributed by atoms with E-state index in [2.05, 4.69) is 0 Å². The van der Waals surface area contributed by atoms with Crippen molar-refractivity contribution in [1.82, 2.24) is 9.80 Å². The number of fused-ring (bicyclic) bond motifs is 1. The molecule has 4 rings (SSSR count). The molecule has 1 aromatic carbocycles. The van der Waals surface area contributed by atoms with Crippen LogP contribution in [0.1, 0.15) is 56.3 Å². The van der Waals surface area contributed by atoms with Crippen molar-refractivity contribution in [1.29, 1.82) is 0 Å². The van der Waals surface area contributed by atoms with Crippen LogP contribution in [0.2, 0.25) is 0 Å². The number of para-hydroxylation sites is 1. The Balaban J connectivity index is 1.47. The summed E-state index contributed by atoms with van der Waals surface area (Å²) in [7, 11) is 0. The Labute approximate surface area is 177 Å². The third kappa shape index (κ3) is 3.83. The number of amides is 2. The van der Waals surface area contributed by atoms with E-state index in [1.165, 1.54) is 0 Å². The van der Waals surface area contributed by atoms with Crippen molar-refractivity contribution >= 4 is 17.6 Å². The number of nitrogens with zero attached hydrogens (tertiary/aromatic N) is 2. The zero-order chi connectivity index (χ0) is 21.5. The van der Waals surface area contributed by atoms with Crippen LogP contribution < -0.4 is 4.74 Å². The maximum absolute atomic E-state index is 13.1. The predicted octanol–water partition coefficient (Wildman–Crippen LogP) is 2.02. The molecule has 0 aromatic heterocycles. The van der Waals surface area contributed by atoms with Crippen LogP contribution in [0.15, 0.2) is 24.3 Å². The van der Waals surface area contributed by atoms with Gasteiger partial charge in [0.2, 0.25) is 11.8 Å². The summed E-state index contributed by atoms with van der Waals surface area (Å²) in [5.74, 6) is 0.499. The van der Waals surface area contributed by atoms with E-state index in [1.807, 2.05) is 19.1 Å². The Morgan fingerprint density at radius 2 is 2.00 bits per heavy atom. The quantitative estimate of drug-likeness (QED) is 0.800. The topological polar surface area (TPSA) is 87.2 Å². The number of hydrogen-bond acceptors (Lipinski definition) is 5. The second-order valence-electron chi connectivity index (χ2n) is 9.01. The monoisotopic (exact) mass is 414 g/mol. The first-order valence-electron chi connectivity index (χ1n) is 10.9. The van der Waals surface area contributed by atoms with Crippen LogP contribution in [-0.2, 0) is 9.59 Å². The van der Waals surface area contributed by atoms with Gasteiger partial charge in [-0.2, -0.15) is 0 Å². The zero-order valence-electron chi connectivity index (χ0n) is 17.7. The molecule has 0 saturated carbocycles. The van der Waals surface area contributed by atoms with Crippen LogP contribution >= 0.6 is 0 Å². The molecule has 0 bridgehead atoms. The maximum atomic E-state index is 13.1. The molecule has 7 heteroatoms. The summed E-state index contributed by atoms with van der Waals surface area (Å²) >= 11 is 0. The molecule has 0 unspecified atom stereocenters. The van der Waals surface area contributed by atoms with Crippen molar-refractivity contribution in [3.63, 3.8) is 0 Å². The van der Waals surface area contributed by atoms with Gasteiger partial charge in [-0.15, -0.1) is 0 Å². The molecular weight excluding hydrogens is 384 g/mol. The molecule has 2 fully saturated rings. The number of carbonyl (C=O) groups excluding carboxylic acids is 3. The minimum absolute atomic E-state index is 0.0275. The van der Waals surface area contributed by atoms with E-state index in [0.717, 1.165) is 0 Å². The van der Waals surface area contributed by atoms with Gasteiger partial charge in [0, 0.05) is 32.5 Å².